The molecule has 0 saturated carbocycles. The Balaban J connectivity index is 2.21. The Morgan fingerprint density at radius 2 is 2.20 bits per heavy atom. The van der Waals surface area contributed by atoms with E-state index < -0.39 is 0 Å². The lowest BCUT2D eigenvalue weighted by molar-refractivity contribution is 0.0600. The molecule has 1 saturated heterocycles. The molecule has 1 aromatic carbocycles. The van der Waals surface area contributed by atoms with Crippen molar-refractivity contribution in [3.63, 3.8) is 0 Å². The van der Waals surface area contributed by atoms with E-state index in [-0.39, 0.29) is 18.6 Å². The molecule has 0 aliphatic carbocycles. The topological polar surface area (TPSA) is 61.8 Å². The van der Waals surface area contributed by atoms with E-state index in [1.807, 2.05) is 18.2 Å². The molecule has 2 N–H and O–H groups in total. The molecule has 0 spiro atoms. The zero-order valence-electron chi connectivity index (χ0n) is 11.8. The molecule has 1 heterocycles. The van der Waals surface area contributed by atoms with Gasteiger partial charge in [0.25, 0.3) is 0 Å². The second kappa shape index (κ2) is 7.38. The number of carbonyl (C=O) groups excluding carboxylic acids is 1. The number of piperazine rings is 1. The summed E-state index contributed by atoms with van der Waals surface area (Å²) in [6.07, 6.45) is 0.671. The van der Waals surface area contributed by atoms with E-state index in [1.165, 1.54) is 7.11 Å². The Kier molecular flexibility index (Phi) is 5.52. The van der Waals surface area contributed by atoms with Gasteiger partial charge in [-0.15, -0.1) is 0 Å². The second-order valence-electron chi connectivity index (χ2n) is 4.93. The van der Waals surface area contributed by atoms with Crippen LogP contribution in [-0.4, -0.2) is 55.9 Å². The fraction of sp³-hybridized carbons (Fsp3) is 0.533. The van der Waals surface area contributed by atoms with Crippen LogP contribution in [0.5, 0.6) is 0 Å². The molecule has 0 aromatic heterocycles. The quantitative estimate of drug-likeness (QED) is 0.780. The lowest BCUT2D eigenvalue weighted by atomic mass is 9.99. The van der Waals surface area contributed by atoms with Gasteiger partial charge in [-0.1, -0.05) is 12.1 Å². The lowest BCUT2D eigenvalue weighted by Crippen LogP contribution is -2.45. The minimum absolute atomic E-state index is 0.136. The average molecular weight is 278 g/mol. The number of benzene rings is 1. The van der Waals surface area contributed by atoms with Crippen LogP contribution in [0.2, 0.25) is 0 Å². The van der Waals surface area contributed by atoms with Crippen LogP contribution < -0.4 is 5.32 Å². The molecule has 2 rings (SSSR count). The number of ether oxygens (including phenoxy) is 1. The van der Waals surface area contributed by atoms with E-state index in [0.717, 1.165) is 31.7 Å². The largest absolute Gasteiger partial charge is 0.465 e. The summed E-state index contributed by atoms with van der Waals surface area (Å²) in [7, 11) is 1.39. The number of hydrogen-bond acceptors (Lipinski definition) is 5. The molecule has 0 radical (unpaired) electrons. The molecule has 0 unspecified atom stereocenters. The van der Waals surface area contributed by atoms with Crippen molar-refractivity contribution >= 4 is 5.97 Å². The minimum Gasteiger partial charge on any atom is -0.465 e. The standard InChI is InChI=1S/C15H22N2O3/c1-20-15(19)13-4-2-3-12(11-13)14(5-10-18)17-8-6-16-7-9-17/h2-4,11,14,16,18H,5-10H2,1H3/t14-/m1/s1. The summed E-state index contributed by atoms with van der Waals surface area (Å²) in [5, 5.41) is 12.6. The smallest absolute Gasteiger partial charge is 0.337 e. The Labute approximate surface area is 119 Å². The molecule has 5 nitrogen and oxygen atoms in total. The van der Waals surface area contributed by atoms with Crippen LogP contribution in [0.3, 0.4) is 0 Å². The van der Waals surface area contributed by atoms with E-state index >= 15 is 0 Å². The van der Waals surface area contributed by atoms with Gasteiger partial charge in [-0.2, -0.15) is 0 Å². The van der Waals surface area contributed by atoms with Gasteiger partial charge in [0, 0.05) is 38.8 Å². The highest BCUT2D eigenvalue weighted by atomic mass is 16.5. The average Bonchev–Trinajstić information content (AvgIpc) is 2.52. The summed E-state index contributed by atoms with van der Waals surface area (Å²) in [5.41, 5.74) is 1.62. The molecule has 20 heavy (non-hydrogen) atoms. The zero-order chi connectivity index (χ0) is 14.4. The monoisotopic (exact) mass is 278 g/mol. The third-order valence-electron chi connectivity index (χ3n) is 3.69. The molecular formula is C15H22N2O3. The molecule has 5 heteroatoms. The summed E-state index contributed by atoms with van der Waals surface area (Å²) in [5.74, 6) is -0.324. The summed E-state index contributed by atoms with van der Waals surface area (Å²) in [6.45, 7) is 3.95. The van der Waals surface area contributed by atoms with E-state index in [9.17, 15) is 9.90 Å². The first kappa shape index (κ1) is 15.0. The number of carbonyl (C=O) groups is 1. The van der Waals surface area contributed by atoms with Crippen molar-refractivity contribution < 1.29 is 14.6 Å². The number of hydrogen-bond donors (Lipinski definition) is 2. The van der Waals surface area contributed by atoms with Crippen LogP contribution in [0, 0.1) is 0 Å². The maximum absolute atomic E-state index is 11.6. The van der Waals surface area contributed by atoms with Gasteiger partial charge in [-0.3, -0.25) is 4.90 Å². The van der Waals surface area contributed by atoms with Crippen molar-refractivity contribution in [2.75, 3.05) is 39.9 Å². The van der Waals surface area contributed by atoms with Crippen LogP contribution in [0.4, 0.5) is 0 Å². The molecule has 1 fully saturated rings. The molecule has 110 valence electrons. The molecule has 0 bridgehead atoms. The van der Waals surface area contributed by atoms with Crippen molar-refractivity contribution in [1.82, 2.24) is 10.2 Å². The lowest BCUT2D eigenvalue weighted by Gasteiger charge is -2.35. The van der Waals surface area contributed by atoms with Crippen LogP contribution in [0.15, 0.2) is 24.3 Å². The van der Waals surface area contributed by atoms with Gasteiger partial charge in [-0.05, 0) is 24.1 Å². The van der Waals surface area contributed by atoms with Crippen molar-refractivity contribution in [1.29, 1.82) is 0 Å². The third kappa shape index (κ3) is 3.56. The highest BCUT2D eigenvalue weighted by Gasteiger charge is 2.22. The first-order valence-electron chi connectivity index (χ1n) is 7.00. The fourth-order valence-corrected chi connectivity index (χ4v) is 2.67. The van der Waals surface area contributed by atoms with Crippen LogP contribution >= 0.6 is 0 Å². The number of aliphatic hydroxyl groups excluding tert-OH is 1. The van der Waals surface area contributed by atoms with Gasteiger partial charge in [-0.25, -0.2) is 4.79 Å². The molecule has 1 atom stereocenters. The number of nitrogens with one attached hydrogen (secondary N) is 1. The predicted molar refractivity (Wildman–Crippen MR) is 76.7 cm³/mol. The normalized spacial score (nSPS) is 17.7. The molecular weight excluding hydrogens is 256 g/mol. The predicted octanol–water partition coefficient (Wildman–Crippen LogP) is 0.802. The maximum Gasteiger partial charge on any atom is 0.337 e. The first-order valence-corrected chi connectivity index (χ1v) is 7.00. The minimum atomic E-state index is -0.324. The molecule has 1 aromatic rings. The van der Waals surface area contributed by atoms with Crippen LogP contribution in [0.25, 0.3) is 0 Å². The summed E-state index contributed by atoms with van der Waals surface area (Å²) in [6, 6.07) is 7.65. The van der Waals surface area contributed by atoms with Crippen molar-refractivity contribution in [3.05, 3.63) is 35.4 Å². The number of esters is 1. The third-order valence-corrected chi connectivity index (χ3v) is 3.69. The molecule has 0 amide bonds. The maximum atomic E-state index is 11.6. The first-order chi connectivity index (χ1) is 9.76. The number of aliphatic hydroxyl groups is 1. The molecule has 1 aliphatic heterocycles. The van der Waals surface area contributed by atoms with Gasteiger partial charge < -0.3 is 15.2 Å². The SMILES string of the molecule is COC(=O)c1cccc([C@@H](CCO)N2CCNCC2)c1. The Morgan fingerprint density at radius 1 is 1.45 bits per heavy atom. The van der Waals surface area contributed by atoms with Gasteiger partial charge in [0.15, 0.2) is 0 Å². The summed E-state index contributed by atoms with van der Waals surface area (Å²) >= 11 is 0. The number of nitrogens with zero attached hydrogens (tertiary/aromatic N) is 1. The Bertz CT molecular complexity index is 444. The highest BCUT2D eigenvalue weighted by molar-refractivity contribution is 5.89. The highest BCUT2D eigenvalue weighted by Crippen LogP contribution is 2.25. The second-order valence-corrected chi connectivity index (χ2v) is 4.93. The van der Waals surface area contributed by atoms with Gasteiger partial charge in [0.2, 0.25) is 0 Å². The van der Waals surface area contributed by atoms with E-state index in [4.69, 9.17) is 4.74 Å². The fourth-order valence-electron chi connectivity index (χ4n) is 2.67. The van der Waals surface area contributed by atoms with Gasteiger partial charge in [0.05, 0.1) is 12.7 Å². The number of methoxy groups -OCH3 is 1. The Hall–Kier alpha value is -1.43. The van der Waals surface area contributed by atoms with E-state index in [1.54, 1.807) is 6.07 Å². The van der Waals surface area contributed by atoms with Crippen LogP contribution in [0.1, 0.15) is 28.4 Å². The van der Waals surface area contributed by atoms with Crippen molar-refractivity contribution in [2.24, 2.45) is 0 Å². The summed E-state index contributed by atoms with van der Waals surface area (Å²) in [4.78, 5) is 14.0. The molecule has 1 aliphatic rings. The van der Waals surface area contributed by atoms with Crippen molar-refractivity contribution in [2.45, 2.75) is 12.5 Å². The van der Waals surface area contributed by atoms with Gasteiger partial charge >= 0.3 is 5.97 Å². The van der Waals surface area contributed by atoms with E-state index in [0.29, 0.717) is 12.0 Å². The van der Waals surface area contributed by atoms with Gasteiger partial charge in [0.1, 0.15) is 0 Å². The zero-order valence-corrected chi connectivity index (χ0v) is 11.8. The number of rotatable bonds is 5. The summed E-state index contributed by atoms with van der Waals surface area (Å²) < 4.78 is 4.76. The van der Waals surface area contributed by atoms with Crippen molar-refractivity contribution in [3.8, 4) is 0 Å². The Morgan fingerprint density at radius 3 is 2.85 bits per heavy atom. The van der Waals surface area contributed by atoms with Crippen LogP contribution in [-0.2, 0) is 4.74 Å². The van der Waals surface area contributed by atoms with E-state index in [2.05, 4.69) is 10.2 Å².